The topological polar surface area (TPSA) is 111 Å². The van der Waals surface area contributed by atoms with Crippen molar-refractivity contribution in [2.45, 2.75) is 270 Å². The molecule has 0 aromatic carbocycles. The summed E-state index contributed by atoms with van der Waals surface area (Å²) in [5.74, 6) is -2.30. The zero-order chi connectivity index (χ0) is 59.1. The summed E-state index contributed by atoms with van der Waals surface area (Å²) < 4.78 is 22.7. The summed E-state index contributed by atoms with van der Waals surface area (Å²) >= 11 is 0. The Bertz CT molecular complexity index is 1740. The van der Waals surface area contributed by atoms with Crippen LogP contribution in [0.5, 0.6) is 0 Å². The van der Waals surface area contributed by atoms with Crippen LogP contribution in [0.2, 0.25) is 0 Å². The van der Waals surface area contributed by atoms with Crippen LogP contribution in [-0.2, 0) is 33.3 Å². The fourth-order valence-corrected chi connectivity index (χ4v) is 8.74. The first-order valence-corrected chi connectivity index (χ1v) is 32.7. The molecular formula is C72H121NO8. The van der Waals surface area contributed by atoms with Gasteiger partial charge in [0.05, 0.1) is 40.3 Å². The number of ether oxygens (including phenoxy) is 4. The Hall–Kier alpha value is -4.31. The molecule has 0 N–H and O–H groups in total. The molecule has 0 aliphatic heterocycles. The number of likely N-dealkylation sites (N-methyl/N-ethyl adjacent to an activating group) is 1. The molecule has 0 fully saturated rings. The molecule has 462 valence electrons. The van der Waals surface area contributed by atoms with Crippen LogP contribution in [0.1, 0.15) is 258 Å². The van der Waals surface area contributed by atoms with Crippen molar-refractivity contribution in [2.24, 2.45) is 0 Å². The lowest BCUT2D eigenvalue weighted by atomic mass is 10.0. The second kappa shape index (κ2) is 61.8. The van der Waals surface area contributed by atoms with E-state index in [1.165, 1.54) is 103 Å². The minimum atomic E-state index is -1.63. The molecular weight excluding hydrogens is 1010 g/mol. The van der Waals surface area contributed by atoms with E-state index in [0.717, 1.165) is 122 Å². The maximum absolute atomic E-state index is 12.9. The van der Waals surface area contributed by atoms with E-state index in [0.29, 0.717) is 17.4 Å². The van der Waals surface area contributed by atoms with Crippen LogP contribution in [0.3, 0.4) is 0 Å². The smallest absolute Gasteiger partial charge is 0.306 e. The largest absolute Gasteiger partial charge is 0.545 e. The Morgan fingerprint density at radius 3 is 1.05 bits per heavy atom. The zero-order valence-corrected chi connectivity index (χ0v) is 52.6. The summed E-state index contributed by atoms with van der Waals surface area (Å²) in [6.07, 6.45) is 84.0. The first-order chi connectivity index (χ1) is 39.6. The van der Waals surface area contributed by atoms with Crippen molar-refractivity contribution in [1.82, 2.24) is 0 Å². The molecule has 0 aromatic rings. The average molecular weight is 1130 g/mol. The van der Waals surface area contributed by atoms with Crippen molar-refractivity contribution in [3.63, 3.8) is 0 Å². The van der Waals surface area contributed by atoms with Crippen LogP contribution in [0.15, 0.2) is 122 Å². The van der Waals surface area contributed by atoms with Gasteiger partial charge < -0.3 is 33.3 Å². The number of hydrogen-bond acceptors (Lipinski definition) is 8. The molecule has 0 aliphatic rings. The summed E-state index contributed by atoms with van der Waals surface area (Å²) in [5, 5.41) is 11.8. The van der Waals surface area contributed by atoms with Gasteiger partial charge in [0.15, 0.2) is 12.4 Å². The highest BCUT2D eigenvalue weighted by molar-refractivity contribution is 5.70. The number of carbonyl (C=O) groups excluding carboxylic acids is 3. The molecule has 0 aromatic heterocycles. The normalized spacial score (nSPS) is 13.5. The van der Waals surface area contributed by atoms with Gasteiger partial charge in [-0.3, -0.25) is 9.59 Å². The molecule has 0 radical (unpaired) electrons. The molecule has 2 atom stereocenters. The van der Waals surface area contributed by atoms with Crippen molar-refractivity contribution in [3.05, 3.63) is 122 Å². The Morgan fingerprint density at radius 1 is 0.383 bits per heavy atom. The maximum Gasteiger partial charge on any atom is 0.306 e. The van der Waals surface area contributed by atoms with Gasteiger partial charge in [0.2, 0.25) is 0 Å². The maximum atomic E-state index is 12.9. The molecule has 0 bridgehead atoms. The van der Waals surface area contributed by atoms with Gasteiger partial charge in [-0.15, -0.1) is 0 Å². The number of hydrogen-bond donors (Lipinski definition) is 0. The summed E-state index contributed by atoms with van der Waals surface area (Å²) in [4.78, 5) is 37.4. The van der Waals surface area contributed by atoms with E-state index in [1.807, 2.05) is 21.1 Å². The molecule has 9 nitrogen and oxygen atoms in total. The molecule has 9 heteroatoms. The zero-order valence-electron chi connectivity index (χ0n) is 52.6. The summed E-state index contributed by atoms with van der Waals surface area (Å²) in [6, 6.07) is 0. The van der Waals surface area contributed by atoms with E-state index in [-0.39, 0.29) is 38.6 Å². The number of carbonyl (C=O) groups is 3. The van der Waals surface area contributed by atoms with Gasteiger partial charge in [0.25, 0.3) is 0 Å². The van der Waals surface area contributed by atoms with Gasteiger partial charge in [-0.05, 0) is 89.9 Å². The molecule has 0 amide bonds. The minimum Gasteiger partial charge on any atom is -0.545 e. The summed E-state index contributed by atoms with van der Waals surface area (Å²) in [5.41, 5.74) is 0. The molecule has 0 rings (SSSR count). The standard InChI is InChI=1S/C72H121NO8/c1-6-8-10-12-14-16-18-20-22-24-26-27-28-29-30-31-32-33-34-35-36-37-38-39-40-41-42-43-45-47-49-51-53-55-57-59-61-63-70(75)81-68(67-80-72(71(76)77)78-65-64-73(3,4)5)66-79-69(74)62-60-58-56-54-52-50-48-46-44-25-23-21-19-17-15-13-11-9-7-2/h8,10,14,16,20,22,26-27,29-30,32-33,35-36,38-39,41-42,45,47,68,72H,6-7,9,11-13,15,17-19,21,23-25,28,31,34,37,40,43-44,46,48-67H2,1-5H3/b10-8-,16-14-,22-20-,27-26-,30-29-,33-32-,36-35-,39-38-,42-41-,47-45-. The molecule has 2 unspecified atom stereocenters. The SMILES string of the molecule is CC/C=C\C/C=C\C/C=C\C/C=C\C/C=C\C/C=C\C/C=C\C/C=C\C/C=C\C/C=C\CCCCCCCCC(=O)OC(COC(=O)CCCCCCCCCCCCCCCCCCCCC)COC(OCC[N+](C)(C)C)C(=O)[O-]. The third-order valence-electron chi connectivity index (χ3n) is 13.7. The number of allylic oxidation sites excluding steroid dienone is 20. The van der Waals surface area contributed by atoms with Crippen LogP contribution in [0.25, 0.3) is 0 Å². The molecule has 0 aliphatic carbocycles. The third-order valence-corrected chi connectivity index (χ3v) is 13.7. The Balaban J connectivity index is 4.23. The van der Waals surface area contributed by atoms with E-state index in [1.54, 1.807) is 0 Å². The van der Waals surface area contributed by atoms with Crippen LogP contribution in [-0.4, -0.2) is 82.3 Å². The second-order valence-electron chi connectivity index (χ2n) is 22.7. The fourth-order valence-electron chi connectivity index (χ4n) is 8.74. The Labute approximate surface area is 497 Å². The van der Waals surface area contributed by atoms with E-state index in [4.69, 9.17) is 18.9 Å². The van der Waals surface area contributed by atoms with Crippen molar-refractivity contribution < 1.29 is 42.9 Å². The number of aliphatic carboxylic acids is 1. The van der Waals surface area contributed by atoms with Crippen molar-refractivity contribution in [2.75, 3.05) is 47.5 Å². The van der Waals surface area contributed by atoms with Gasteiger partial charge >= 0.3 is 11.9 Å². The predicted molar refractivity (Wildman–Crippen MR) is 343 cm³/mol. The van der Waals surface area contributed by atoms with Crippen molar-refractivity contribution >= 4 is 17.9 Å². The summed E-state index contributed by atoms with van der Waals surface area (Å²) in [6.45, 7) is 4.63. The van der Waals surface area contributed by atoms with Gasteiger partial charge in [0.1, 0.15) is 13.2 Å². The quantitative estimate of drug-likeness (QED) is 0.0195. The van der Waals surface area contributed by atoms with Crippen molar-refractivity contribution in [3.8, 4) is 0 Å². The molecule has 0 saturated heterocycles. The fraction of sp³-hybridized carbons (Fsp3) is 0.681. The van der Waals surface area contributed by atoms with E-state index < -0.39 is 24.3 Å². The molecule has 0 heterocycles. The Morgan fingerprint density at radius 2 is 0.704 bits per heavy atom. The van der Waals surface area contributed by atoms with Crippen LogP contribution >= 0.6 is 0 Å². The van der Waals surface area contributed by atoms with E-state index in [2.05, 4.69) is 135 Å². The highest BCUT2D eigenvalue weighted by atomic mass is 16.7. The minimum absolute atomic E-state index is 0.140. The van der Waals surface area contributed by atoms with E-state index in [9.17, 15) is 19.5 Å². The molecule has 81 heavy (non-hydrogen) atoms. The lowest BCUT2D eigenvalue weighted by molar-refractivity contribution is -0.870. The molecule has 0 saturated carbocycles. The number of esters is 2. The first-order valence-electron chi connectivity index (χ1n) is 32.7. The van der Waals surface area contributed by atoms with Gasteiger partial charge in [-0.1, -0.05) is 277 Å². The molecule has 0 spiro atoms. The Kier molecular flexibility index (Phi) is 58.5. The van der Waals surface area contributed by atoms with Crippen LogP contribution in [0.4, 0.5) is 0 Å². The number of carboxylic acid groups (broad SMARTS) is 1. The van der Waals surface area contributed by atoms with Gasteiger partial charge in [-0.2, -0.15) is 0 Å². The van der Waals surface area contributed by atoms with Crippen LogP contribution in [0, 0.1) is 0 Å². The van der Waals surface area contributed by atoms with Gasteiger partial charge in [0, 0.05) is 12.8 Å². The number of carboxylic acids is 1. The number of rotatable bonds is 59. The van der Waals surface area contributed by atoms with Gasteiger partial charge in [-0.25, -0.2) is 0 Å². The van der Waals surface area contributed by atoms with Crippen molar-refractivity contribution in [1.29, 1.82) is 0 Å². The lowest BCUT2D eigenvalue weighted by Crippen LogP contribution is -2.44. The third kappa shape index (κ3) is 63.1. The average Bonchev–Trinajstić information content (AvgIpc) is 3.44. The first kappa shape index (κ1) is 76.7. The number of unbranched alkanes of at least 4 members (excludes halogenated alkanes) is 24. The lowest BCUT2D eigenvalue weighted by Gasteiger charge is -2.26. The highest BCUT2D eigenvalue weighted by Crippen LogP contribution is 2.16. The highest BCUT2D eigenvalue weighted by Gasteiger charge is 2.22. The number of quaternary nitrogens is 1. The van der Waals surface area contributed by atoms with E-state index >= 15 is 0 Å². The second-order valence-corrected chi connectivity index (χ2v) is 22.7. The van der Waals surface area contributed by atoms with Crippen LogP contribution < -0.4 is 5.11 Å². The predicted octanol–water partition coefficient (Wildman–Crippen LogP) is 18.7. The summed E-state index contributed by atoms with van der Waals surface area (Å²) in [7, 11) is 5.92. The monoisotopic (exact) mass is 1130 g/mol. The number of nitrogens with zero attached hydrogens (tertiary/aromatic N) is 1.